The van der Waals surface area contributed by atoms with Gasteiger partial charge in [0.2, 0.25) is 0 Å². The van der Waals surface area contributed by atoms with E-state index in [0.717, 1.165) is 44.6 Å². The average molecular weight is 1100 g/mol. The molecule has 0 radical (unpaired) electrons. The minimum atomic E-state index is -2.52. The molecule has 442 valence electrons. The lowest BCUT2D eigenvalue weighted by atomic mass is 9.84. The van der Waals surface area contributed by atoms with E-state index in [1.54, 1.807) is 72.0 Å². The van der Waals surface area contributed by atoms with E-state index in [-0.39, 0.29) is 63.2 Å². The van der Waals surface area contributed by atoms with Crippen LogP contribution in [-0.4, -0.2) is 180 Å². The smallest absolute Gasteiger partial charge is 0.334 e. The number of nitrogens with one attached hydrogen (secondary N) is 2. The van der Waals surface area contributed by atoms with Crippen molar-refractivity contribution in [2.75, 3.05) is 20.6 Å². The SMILES string of the molecule is CN=C(NC)NCCC/C=C/CCC[C@@H](C)[C@H]1OC(=O)/C(C)=C\C=C\[C@H](C)[C@@H](O)C[C@H](O)[C@@H](C)[C@H](O)CC[C@H](C)[C@@H](O)C[C@]2(O)O[C@H](C[C@H](OC(=O)CC(=O)O)C[C@H](O)C[C@@H](O)C[C@H](O)/C(C)=C/C=C\[C@@H]1C)C[C@@H](O)[C@@H]2O. The molecule has 77 heavy (non-hydrogen) atoms. The van der Waals surface area contributed by atoms with Gasteiger partial charge in [0, 0.05) is 82.5 Å². The van der Waals surface area contributed by atoms with Crippen LogP contribution in [0, 0.1) is 29.6 Å². The molecule has 2 aliphatic rings. The molecule has 0 amide bonds. The van der Waals surface area contributed by atoms with Gasteiger partial charge in [-0.2, -0.15) is 0 Å². The van der Waals surface area contributed by atoms with E-state index in [1.807, 2.05) is 27.0 Å². The Labute approximate surface area is 456 Å². The second-order valence-electron chi connectivity index (χ2n) is 21.8. The summed E-state index contributed by atoms with van der Waals surface area (Å²) >= 11 is 0. The number of carbonyl (C=O) groups is 3. The van der Waals surface area contributed by atoms with Gasteiger partial charge in [0.15, 0.2) is 11.7 Å². The van der Waals surface area contributed by atoms with Crippen molar-refractivity contribution in [1.82, 2.24) is 10.6 Å². The van der Waals surface area contributed by atoms with Gasteiger partial charge in [-0.15, -0.1) is 0 Å². The molecule has 1 saturated heterocycles. The molecule has 0 aromatic heterocycles. The number of hydrogen-bond donors (Lipinski definition) is 13. The Kier molecular flexibility index (Phi) is 31.9. The molecule has 0 aromatic carbocycles. The maximum atomic E-state index is 13.6. The topological polar surface area (TPSA) is 338 Å². The summed E-state index contributed by atoms with van der Waals surface area (Å²) < 4.78 is 17.5. The van der Waals surface area contributed by atoms with Crippen LogP contribution in [0.25, 0.3) is 0 Å². The highest BCUT2D eigenvalue weighted by Crippen LogP contribution is 2.36. The first-order valence-corrected chi connectivity index (χ1v) is 27.6. The molecule has 2 bridgehead atoms. The monoisotopic (exact) mass is 1100 g/mol. The van der Waals surface area contributed by atoms with Gasteiger partial charge in [-0.3, -0.25) is 14.6 Å². The predicted molar refractivity (Wildman–Crippen MR) is 292 cm³/mol. The number of fused-ring (bicyclic) bond motifs is 2. The molecule has 18 atom stereocenters. The van der Waals surface area contributed by atoms with Crippen LogP contribution < -0.4 is 10.6 Å². The lowest BCUT2D eigenvalue weighted by Gasteiger charge is -2.45. The summed E-state index contributed by atoms with van der Waals surface area (Å²) in [7, 11) is 3.53. The van der Waals surface area contributed by atoms with E-state index < -0.39 is 128 Å². The van der Waals surface area contributed by atoms with Crippen molar-refractivity contribution in [1.29, 1.82) is 0 Å². The number of aliphatic hydroxyl groups is 10. The molecule has 0 saturated carbocycles. The second-order valence-corrected chi connectivity index (χ2v) is 21.8. The third-order valence-electron chi connectivity index (χ3n) is 15.0. The van der Waals surface area contributed by atoms with E-state index in [1.165, 1.54) is 0 Å². The Balaban J connectivity index is 2.43. The van der Waals surface area contributed by atoms with Crippen LogP contribution in [0.2, 0.25) is 0 Å². The number of guanidine groups is 1. The highest BCUT2D eigenvalue weighted by Gasteiger charge is 2.50. The molecule has 20 nitrogen and oxygen atoms in total. The maximum absolute atomic E-state index is 13.6. The molecular weight excluding hydrogens is 999 g/mol. The number of rotatable bonds is 12. The lowest BCUT2D eigenvalue weighted by Crippen LogP contribution is -2.60. The normalized spacial score (nSPS) is 37.6. The van der Waals surface area contributed by atoms with Gasteiger partial charge in [-0.05, 0) is 82.6 Å². The van der Waals surface area contributed by atoms with Crippen LogP contribution in [-0.2, 0) is 28.6 Å². The molecule has 0 spiro atoms. The number of aliphatic imine (C=N–C) groups is 1. The number of carboxylic acids is 1. The number of cyclic esters (lactones) is 1. The van der Waals surface area contributed by atoms with Crippen molar-refractivity contribution in [2.24, 2.45) is 34.6 Å². The van der Waals surface area contributed by atoms with Crippen LogP contribution in [0.1, 0.15) is 145 Å². The Morgan fingerprint density at radius 2 is 1.44 bits per heavy atom. The third-order valence-corrected chi connectivity index (χ3v) is 15.0. The minimum absolute atomic E-state index is 0.0578. The number of aliphatic carboxylic acids is 1. The minimum Gasteiger partial charge on any atom is -0.481 e. The average Bonchev–Trinajstić information content (AvgIpc) is 3.35. The van der Waals surface area contributed by atoms with E-state index in [2.05, 4.69) is 27.8 Å². The molecule has 2 rings (SSSR count). The predicted octanol–water partition coefficient (Wildman–Crippen LogP) is 3.63. The van der Waals surface area contributed by atoms with Crippen molar-refractivity contribution in [3.05, 3.63) is 59.8 Å². The van der Waals surface area contributed by atoms with Crippen molar-refractivity contribution in [3.63, 3.8) is 0 Å². The first-order valence-electron chi connectivity index (χ1n) is 27.6. The lowest BCUT2D eigenvalue weighted by molar-refractivity contribution is -0.333. The first-order chi connectivity index (χ1) is 36.2. The van der Waals surface area contributed by atoms with E-state index >= 15 is 0 Å². The summed E-state index contributed by atoms with van der Waals surface area (Å²) in [4.78, 5) is 41.7. The molecule has 0 aliphatic carbocycles. The van der Waals surface area contributed by atoms with Crippen molar-refractivity contribution >= 4 is 23.9 Å². The number of allylic oxidation sites excluding steroid dienone is 6. The maximum Gasteiger partial charge on any atom is 0.334 e. The van der Waals surface area contributed by atoms with Crippen LogP contribution in [0.3, 0.4) is 0 Å². The standard InChI is InChI=1S/C57H97N3O17/c1-34-19-16-21-38(5)53(37(4)18-14-12-10-11-13-15-25-60-56(58-8)59-9)76-55(73)39(6)22-17-20-35(2)47(65)31-48(66)40(7)45(63)24-23-36(3)50(68)33-57(74)54(72)49(67)30-44(77-57)29-43(75-52(71)32-51(69)70)27-41(61)26-42(62)28-46(34)64/h10-11,16-17,19-22,35-38,40-50,53-54,61-68,72,74H,12-15,18,23-33H2,1-9H3,(H,69,70)(H2,58,59,60)/b11-10+,20-17+,21-16-,34-19+,39-22-/t35-,36-,37+,38-,40-,41+,42+,43+,44+,45+,46-,47-,48-,49+,50-,53+,54-,57-/m0/s1. The van der Waals surface area contributed by atoms with Crippen LogP contribution in [0.4, 0.5) is 0 Å². The summed E-state index contributed by atoms with van der Waals surface area (Å²) in [6.45, 7) is 13.1. The molecule has 0 aromatic rings. The zero-order valence-corrected chi connectivity index (χ0v) is 47.1. The van der Waals surface area contributed by atoms with Gasteiger partial charge < -0.3 is 81.0 Å². The molecular formula is C57H97N3O17. The van der Waals surface area contributed by atoms with Gasteiger partial charge in [0.1, 0.15) is 24.7 Å². The summed E-state index contributed by atoms with van der Waals surface area (Å²) in [5, 5.41) is 127. The summed E-state index contributed by atoms with van der Waals surface area (Å²) in [5.74, 6) is -7.05. The Morgan fingerprint density at radius 3 is 2.09 bits per heavy atom. The van der Waals surface area contributed by atoms with Gasteiger partial charge in [0.25, 0.3) is 0 Å². The molecule has 20 heteroatoms. The number of nitrogens with zero attached hydrogens (tertiary/aromatic N) is 1. The van der Waals surface area contributed by atoms with Gasteiger partial charge >= 0.3 is 17.9 Å². The second kappa shape index (κ2) is 35.5. The van der Waals surface area contributed by atoms with E-state index in [0.29, 0.717) is 11.1 Å². The zero-order valence-electron chi connectivity index (χ0n) is 47.1. The number of aliphatic hydroxyl groups excluding tert-OH is 9. The molecule has 13 N–H and O–H groups in total. The van der Waals surface area contributed by atoms with Crippen LogP contribution >= 0.6 is 0 Å². The number of ether oxygens (including phenoxy) is 3. The number of carbonyl (C=O) groups excluding carboxylic acids is 2. The van der Waals surface area contributed by atoms with Crippen LogP contribution in [0.5, 0.6) is 0 Å². The van der Waals surface area contributed by atoms with Crippen molar-refractivity contribution < 1.29 is 84.8 Å². The number of carboxylic acid groups (broad SMARTS) is 1. The van der Waals surface area contributed by atoms with Crippen molar-refractivity contribution in [2.45, 2.75) is 224 Å². The Bertz CT molecular complexity index is 1940. The zero-order chi connectivity index (χ0) is 58.0. The summed E-state index contributed by atoms with van der Waals surface area (Å²) in [5.41, 5.74) is 0.809. The summed E-state index contributed by atoms with van der Waals surface area (Å²) in [6, 6.07) is 0. The highest BCUT2D eigenvalue weighted by atomic mass is 16.7. The van der Waals surface area contributed by atoms with E-state index in [9.17, 15) is 70.6 Å². The van der Waals surface area contributed by atoms with Crippen LogP contribution in [0.15, 0.2) is 64.7 Å². The Hall–Kier alpha value is -4.06. The fourth-order valence-corrected chi connectivity index (χ4v) is 9.63. The van der Waals surface area contributed by atoms with Crippen molar-refractivity contribution in [3.8, 4) is 0 Å². The molecule has 2 aliphatic heterocycles. The first kappa shape index (κ1) is 69.0. The third kappa shape index (κ3) is 25.7. The Morgan fingerprint density at radius 1 is 0.805 bits per heavy atom. The fourth-order valence-electron chi connectivity index (χ4n) is 9.63. The quantitative estimate of drug-likeness (QED) is 0.0331. The number of esters is 2. The number of unbranched alkanes of at least 4 members (excludes halogenated alkanes) is 2. The van der Waals surface area contributed by atoms with E-state index in [4.69, 9.17) is 14.2 Å². The largest absolute Gasteiger partial charge is 0.481 e. The molecule has 2 heterocycles. The van der Waals surface area contributed by atoms with Gasteiger partial charge in [-0.1, -0.05) is 83.2 Å². The molecule has 1 fully saturated rings. The number of hydrogen-bond acceptors (Lipinski definition) is 17. The van der Waals surface area contributed by atoms with Gasteiger partial charge in [-0.25, -0.2) is 4.79 Å². The summed E-state index contributed by atoms with van der Waals surface area (Å²) in [6.07, 6.45) is 1.28. The van der Waals surface area contributed by atoms with Gasteiger partial charge in [0.05, 0.1) is 54.9 Å². The highest BCUT2D eigenvalue weighted by molar-refractivity contribution is 5.90. The molecule has 0 unspecified atom stereocenters. The fraction of sp³-hybridized carbons (Fsp3) is 0.754.